The molecule has 1 aliphatic heterocycles. The van der Waals surface area contributed by atoms with Gasteiger partial charge in [0.2, 0.25) is 0 Å². The van der Waals surface area contributed by atoms with E-state index in [1.54, 1.807) is 18.3 Å². The predicted octanol–water partition coefficient (Wildman–Crippen LogP) is 1.64. The fraction of sp³-hybridized carbons (Fsp3) is 0.538. The molecule has 2 heterocycles. The molecule has 0 saturated carbocycles. The molecular formula is C13H18N2O2. The Morgan fingerprint density at radius 3 is 3.12 bits per heavy atom. The summed E-state index contributed by atoms with van der Waals surface area (Å²) in [6.45, 7) is 0.984. The fourth-order valence-corrected chi connectivity index (χ4v) is 2.39. The maximum Gasteiger partial charge on any atom is 0.153 e. The SMILES string of the molecule is O=Cc1cccnc1N1CCCCCC1CO. The number of aliphatic hydroxyl groups is 1. The minimum atomic E-state index is 0.0890. The second-order valence-corrected chi connectivity index (χ2v) is 4.41. The molecule has 4 heteroatoms. The van der Waals surface area contributed by atoms with Crippen molar-refractivity contribution < 1.29 is 9.90 Å². The normalized spacial score (nSPS) is 21.0. The third kappa shape index (κ3) is 2.64. The van der Waals surface area contributed by atoms with Gasteiger partial charge in [-0.3, -0.25) is 4.79 Å². The van der Waals surface area contributed by atoms with Crippen LogP contribution >= 0.6 is 0 Å². The molecule has 0 aromatic carbocycles. The Balaban J connectivity index is 2.31. The molecule has 0 spiro atoms. The molecule has 1 unspecified atom stereocenters. The summed E-state index contributed by atoms with van der Waals surface area (Å²) < 4.78 is 0. The first-order valence-electron chi connectivity index (χ1n) is 6.14. The van der Waals surface area contributed by atoms with E-state index >= 15 is 0 Å². The third-order valence-electron chi connectivity index (χ3n) is 3.30. The van der Waals surface area contributed by atoms with Crippen LogP contribution in [0.2, 0.25) is 0 Å². The average molecular weight is 234 g/mol. The van der Waals surface area contributed by atoms with E-state index in [4.69, 9.17) is 0 Å². The molecule has 2 rings (SSSR count). The van der Waals surface area contributed by atoms with E-state index in [0.29, 0.717) is 11.4 Å². The number of hydrogen-bond donors (Lipinski definition) is 1. The lowest BCUT2D eigenvalue weighted by molar-refractivity contribution is 0.112. The van der Waals surface area contributed by atoms with Crippen LogP contribution in [0.1, 0.15) is 36.0 Å². The van der Waals surface area contributed by atoms with Gasteiger partial charge in [-0.15, -0.1) is 0 Å². The fourth-order valence-electron chi connectivity index (χ4n) is 2.39. The van der Waals surface area contributed by atoms with Gasteiger partial charge in [0, 0.05) is 12.7 Å². The zero-order valence-electron chi connectivity index (χ0n) is 9.88. The third-order valence-corrected chi connectivity index (χ3v) is 3.30. The van der Waals surface area contributed by atoms with Crippen molar-refractivity contribution in [2.24, 2.45) is 0 Å². The number of rotatable bonds is 3. The number of hydrogen-bond acceptors (Lipinski definition) is 4. The molecule has 1 atom stereocenters. The van der Waals surface area contributed by atoms with Gasteiger partial charge in [0.1, 0.15) is 5.82 Å². The Hall–Kier alpha value is -1.42. The van der Waals surface area contributed by atoms with Crippen LogP contribution in [0, 0.1) is 0 Å². The number of carbonyl (C=O) groups excluding carboxylic acids is 1. The van der Waals surface area contributed by atoms with Crippen molar-refractivity contribution in [2.75, 3.05) is 18.1 Å². The summed E-state index contributed by atoms with van der Waals surface area (Å²) >= 11 is 0. The van der Waals surface area contributed by atoms with Crippen LogP contribution in [0.25, 0.3) is 0 Å². The highest BCUT2D eigenvalue weighted by molar-refractivity contribution is 5.82. The minimum Gasteiger partial charge on any atom is -0.394 e. The molecule has 1 aromatic heterocycles. The van der Waals surface area contributed by atoms with Crippen molar-refractivity contribution in [1.29, 1.82) is 0 Å². The van der Waals surface area contributed by atoms with E-state index < -0.39 is 0 Å². The predicted molar refractivity (Wildman–Crippen MR) is 66.3 cm³/mol. The van der Waals surface area contributed by atoms with Crippen molar-refractivity contribution >= 4 is 12.1 Å². The van der Waals surface area contributed by atoms with Crippen molar-refractivity contribution in [3.63, 3.8) is 0 Å². The first-order valence-corrected chi connectivity index (χ1v) is 6.14. The summed E-state index contributed by atoms with van der Waals surface area (Å²) in [6, 6.07) is 3.62. The summed E-state index contributed by atoms with van der Waals surface area (Å²) in [4.78, 5) is 17.4. The maximum atomic E-state index is 11.0. The van der Waals surface area contributed by atoms with Crippen molar-refractivity contribution in [3.05, 3.63) is 23.9 Å². The molecule has 0 radical (unpaired) electrons. The van der Waals surface area contributed by atoms with E-state index in [9.17, 15) is 9.90 Å². The molecule has 0 amide bonds. The van der Waals surface area contributed by atoms with Crippen LogP contribution < -0.4 is 4.90 Å². The number of aldehydes is 1. The van der Waals surface area contributed by atoms with E-state index in [-0.39, 0.29) is 12.6 Å². The molecule has 92 valence electrons. The minimum absolute atomic E-state index is 0.0890. The van der Waals surface area contributed by atoms with Crippen LogP contribution in [-0.2, 0) is 0 Å². The largest absolute Gasteiger partial charge is 0.394 e. The lowest BCUT2D eigenvalue weighted by Gasteiger charge is -2.30. The highest BCUT2D eigenvalue weighted by atomic mass is 16.3. The summed E-state index contributed by atoms with van der Waals surface area (Å²) in [7, 11) is 0. The highest BCUT2D eigenvalue weighted by Gasteiger charge is 2.23. The maximum absolute atomic E-state index is 11.0. The van der Waals surface area contributed by atoms with Crippen molar-refractivity contribution in [1.82, 2.24) is 4.98 Å². The smallest absolute Gasteiger partial charge is 0.153 e. The molecule has 1 saturated heterocycles. The van der Waals surface area contributed by atoms with Gasteiger partial charge in [-0.2, -0.15) is 0 Å². The molecule has 1 aliphatic rings. The monoisotopic (exact) mass is 234 g/mol. The first kappa shape index (κ1) is 12.0. The van der Waals surface area contributed by atoms with E-state index in [1.165, 1.54) is 6.42 Å². The van der Waals surface area contributed by atoms with Gasteiger partial charge in [-0.05, 0) is 25.0 Å². The van der Waals surface area contributed by atoms with Crippen molar-refractivity contribution in [2.45, 2.75) is 31.7 Å². The van der Waals surface area contributed by atoms with E-state index in [0.717, 1.165) is 32.1 Å². The Morgan fingerprint density at radius 1 is 1.47 bits per heavy atom. The number of pyridine rings is 1. The summed E-state index contributed by atoms with van der Waals surface area (Å²) in [6.07, 6.45) is 6.89. The second kappa shape index (κ2) is 5.77. The number of nitrogens with zero attached hydrogens (tertiary/aromatic N) is 2. The Bertz CT molecular complexity index is 381. The molecule has 0 bridgehead atoms. The van der Waals surface area contributed by atoms with E-state index in [1.807, 2.05) is 0 Å². The molecule has 1 aromatic rings. The van der Waals surface area contributed by atoms with Gasteiger partial charge in [0.25, 0.3) is 0 Å². The Kier molecular flexibility index (Phi) is 4.09. The Labute approximate surface area is 101 Å². The molecule has 1 fully saturated rings. The number of carbonyl (C=O) groups is 1. The Morgan fingerprint density at radius 2 is 2.35 bits per heavy atom. The lowest BCUT2D eigenvalue weighted by Crippen LogP contribution is -2.38. The number of aromatic nitrogens is 1. The van der Waals surface area contributed by atoms with Gasteiger partial charge < -0.3 is 10.0 Å². The first-order chi connectivity index (χ1) is 8.36. The van der Waals surface area contributed by atoms with Gasteiger partial charge in [-0.25, -0.2) is 4.98 Å². The summed E-state index contributed by atoms with van der Waals surface area (Å²) in [5.41, 5.74) is 0.604. The van der Waals surface area contributed by atoms with Gasteiger partial charge >= 0.3 is 0 Å². The molecule has 17 heavy (non-hydrogen) atoms. The number of aliphatic hydroxyl groups excluding tert-OH is 1. The molecule has 0 aliphatic carbocycles. The van der Waals surface area contributed by atoms with Gasteiger partial charge in [0.05, 0.1) is 18.2 Å². The quantitative estimate of drug-likeness (QED) is 0.808. The summed E-state index contributed by atoms with van der Waals surface area (Å²) in [5.74, 6) is 0.712. The van der Waals surface area contributed by atoms with Gasteiger partial charge in [0.15, 0.2) is 6.29 Å². The molecule has 4 nitrogen and oxygen atoms in total. The van der Waals surface area contributed by atoms with Crippen LogP contribution in [0.4, 0.5) is 5.82 Å². The topological polar surface area (TPSA) is 53.4 Å². The lowest BCUT2D eigenvalue weighted by atomic mass is 10.1. The van der Waals surface area contributed by atoms with Crippen LogP contribution in [0.5, 0.6) is 0 Å². The van der Waals surface area contributed by atoms with E-state index in [2.05, 4.69) is 9.88 Å². The van der Waals surface area contributed by atoms with Gasteiger partial charge in [-0.1, -0.05) is 12.8 Å². The highest BCUT2D eigenvalue weighted by Crippen LogP contribution is 2.24. The zero-order chi connectivity index (χ0) is 12.1. The van der Waals surface area contributed by atoms with Crippen molar-refractivity contribution in [3.8, 4) is 0 Å². The second-order valence-electron chi connectivity index (χ2n) is 4.41. The average Bonchev–Trinajstić information content (AvgIpc) is 2.63. The molecule has 1 N–H and O–H groups in total. The summed E-state index contributed by atoms with van der Waals surface area (Å²) in [5, 5.41) is 9.45. The van der Waals surface area contributed by atoms with Crippen LogP contribution in [0.3, 0.4) is 0 Å². The molecular weight excluding hydrogens is 216 g/mol. The zero-order valence-corrected chi connectivity index (χ0v) is 9.88. The standard InChI is InChI=1S/C13H18N2O2/c16-9-11-5-4-7-14-13(11)15-8-3-1-2-6-12(15)10-17/h4-5,7,9,12,17H,1-3,6,8,10H2. The van der Waals surface area contributed by atoms with Crippen LogP contribution in [-0.4, -0.2) is 35.6 Å². The van der Waals surface area contributed by atoms with Crippen LogP contribution in [0.15, 0.2) is 18.3 Å². The number of anilines is 1.